The molecule has 2 bridgehead atoms. The van der Waals surface area contributed by atoms with E-state index in [0.717, 1.165) is 30.4 Å². The molecule has 25 heavy (non-hydrogen) atoms. The average molecular weight is 364 g/mol. The largest absolute Gasteiger partial charge is 0.295 e. The Hall–Kier alpha value is -2.26. The molecule has 0 radical (unpaired) electrons. The van der Waals surface area contributed by atoms with Crippen LogP contribution in [0, 0.1) is 27.4 Å². The van der Waals surface area contributed by atoms with Crippen molar-refractivity contribution in [3.63, 3.8) is 0 Å². The van der Waals surface area contributed by atoms with Gasteiger partial charge in [0.05, 0.1) is 16.0 Å². The molecule has 8 nitrogen and oxygen atoms in total. The molecule has 1 fully saturated rings. The van der Waals surface area contributed by atoms with E-state index in [1.165, 1.54) is 12.1 Å². The molecule has 1 saturated carbocycles. The highest BCUT2D eigenvalue weighted by Crippen LogP contribution is 2.58. The third-order valence-corrected chi connectivity index (χ3v) is 6.32. The lowest BCUT2D eigenvalue weighted by atomic mass is 9.49. The minimum Gasteiger partial charge on any atom is -0.272 e. The van der Waals surface area contributed by atoms with E-state index >= 15 is 0 Å². The molecule has 2 atom stereocenters. The second-order valence-corrected chi connectivity index (χ2v) is 8.66. The first kappa shape index (κ1) is 17.6. The molecular formula is C16H20N4O4S. The van der Waals surface area contributed by atoms with Gasteiger partial charge in [0.25, 0.3) is 5.69 Å². The second-order valence-electron chi connectivity index (χ2n) is 7.10. The first-order valence-electron chi connectivity index (χ1n) is 7.91. The SMILES string of the molecule is CC1(C)C2CC=C(/C=N/Nc3ccc(S(N)(=O)=O)cc3[N+](=O)[O-])C1C2. The molecule has 0 aliphatic heterocycles. The Bertz CT molecular complexity index is 889. The van der Waals surface area contributed by atoms with E-state index in [2.05, 4.69) is 30.5 Å². The van der Waals surface area contributed by atoms with E-state index in [0.29, 0.717) is 5.92 Å². The van der Waals surface area contributed by atoms with Gasteiger partial charge in [-0.25, -0.2) is 13.6 Å². The number of nitrogens with zero attached hydrogens (tertiary/aromatic N) is 2. The van der Waals surface area contributed by atoms with Crippen LogP contribution in [-0.4, -0.2) is 19.6 Å². The summed E-state index contributed by atoms with van der Waals surface area (Å²) < 4.78 is 22.7. The maximum absolute atomic E-state index is 11.3. The van der Waals surface area contributed by atoms with Crippen molar-refractivity contribution < 1.29 is 13.3 Å². The molecule has 2 unspecified atom stereocenters. The highest BCUT2D eigenvalue weighted by atomic mass is 32.2. The molecule has 3 aliphatic rings. The number of sulfonamides is 1. The van der Waals surface area contributed by atoms with Gasteiger partial charge < -0.3 is 0 Å². The zero-order valence-electron chi connectivity index (χ0n) is 14.0. The first-order valence-corrected chi connectivity index (χ1v) is 9.45. The van der Waals surface area contributed by atoms with Gasteiger partial charge in [0.1, 0.15) is 5.69 Å². The lowest BCUT2D eigenvalue weighted by Gasteiger charge is -2.55. The minimum atomic E-state index is -4.01. The first-order chi connectivity index (χ1) is 11.6. The number of benzene rings is 1. The van der Waals surface area contributed by atoms with Gasteiger partial charge in [0.15, 0.2) is 0 Å². The number of primary sulfonamides is 1. The number of hydrogen-bond acceptors (Lipinski definition) is 6. The van der Waals surface area contributed by atoms with Gasteiger partial charge in [-0.1, -0.05) is 19.9 Å². The van der Waals surface area contributed by atoms with E-state index in [9.17, 15) is 18.5 Å². The highest BCUT2D eigenvalue weighted by molar-refractivity contribution is 7.89. The number of rotatable bonds is 5. The molecule has 0 saturated heterocycles. The minimum absolute atomic E-state index is 0.107. The monoisotopic (exact) mass is 364 g/mol. The molecule has 3 aliphatic carbocycles. The summed E-state index contributed by atoms with van der Waals surface area (Å²) in [6.07, 6.45) is 6.02. The third kappa shape index (κ3) is 3.16. The van der Waals surface area contributed by atoms with Crippen LogP contribution < -0.4 is 10.6 Å². The van der Waals surface area contributed by atoms with Crippen molar-refractivity contribution >= 4 is 27.6 Å². The topological polar surface area (TPSA) is 128 Å². The third-order valence-electron chi connectivity index (χ3n) is 5.40. The van der Waals surface area contributed by atoms with Crippen LogP contribution in [0.2, 0.25) is 0 Å². The molecule has 0 heterocycles. The number of nitrogens with two attached hydrogens (primary N) is 1. The van der Waals surface area contributed by atoms with E-state index in [1.807, 2.05) is 0 Å². The Kier molecular flexibility index (Phi) is 4.16. The number of nitro benzene ring substituents is 1. The lowest BCUT2D eigenvalue weighted by Crippen LogP contribution is -2.48. The summed E-state index contributed by atoms with van der Waals surface area (Å²) in [6, 6.07) is 3.42. The van der Waals surface area contributed by atoms with Crippen molar-refractivity contribution in [3.05, 3.63) is 40.0 Å². The molecule has 0 aromatic heterocycles. The Balaban J connectivity index is 1.79. The predicted molar refractivity (Wildman–Crippen MR) is 94.7 cm³/mol. The van der Waals surface area contributed by atoms with Crippen LogP contribution in [0.5, 0.6) is 0 Å². The van der Waals surface area contributed by atoms with E-state index in [4.69, 9.17) is 5.14 Å². The van der Waals surface area contributed by atoms with Crippen molar-refractivity contribution in [3.8, 4) is 0 Å². The van der Waals surface area contributed by atoms with Gasteiger partial charge in [0.2, 0.25) is 10.0 Å². The molecule has 134 valence electrons. The van der Waals surface area contributed by atoms with E-state index in [-0.39, 0.29) is 16.0 Å². The van der Waals surface area contributed by atoms with Crippen molar-refractivity contribution in [2.45, 2.75) is 31.6 Å². The van der Waals surface area contributed by atoms with Crippen molar-refractivity contribution in [1.82, 2.24) is 0 Å². The van der Waals surface area contributed by atoms with Crippen LogP contribution >= 0.6 is 0 Å². The maximum Gasteiger partial charge on any atom is 0.295 e. The summed E-state index contributed by atoms with van der Waals surface area (Å²) in [4.78, 5) is 10.2. The summed E-state index contributed by atoms with van der Waals surface area (Å²) in [6.45, 7) is 4.49. The van der Waals surface area contributed by atoms with Crippen LogP contribution in [-0.2, 0) is 10.0 Å². The molecule has 0 spiro atoms. The lowest BCUT2D eigenvalue weighted by molar-refractivity contribution is -0.384. The predicted octanol–water partition coefficient (Wildman–Crippen LogP) is 2.63. The summed E-state index contributed by atoms with van der Waals surface area (Å²) in [5.74, 6) is 1.17. The molecule has 9 heteroatoms. The molecule has 3 N–H and O–H groups in total. The maximum atomic E-state index is 11.3. The van der Waals surface area contributed by atoms with Crippen molar-refractivity contribution in [1.29, 1.82) is 0 Å². The number of nitrogens with one attached hydrogen (secondary N) is 1. The number of anilines is 1. The van der Waals surface area contributed by atoms with E-state index in [1.54, 1.807) is 6.21 Å². The standard InChI is InChI=1S/C16H20N4O4S/c1-16(2)11-4-3-10(13(16)7-11)9-18-19-14-6-5-12(25(17,23)24)8-15(14)20(21)22/h3,5-6,8-9,11,13,19H,4,7H2,1-2H3,(H2,17,23,24)/b18-9+. The Morgan fingerprint density at radius 3 is 2.72 bits per heavy atom. The normalized spacial score (nSPS) is 24.5. The molecule has 4 rings (SSSR count). The fraction of sp³-hybridized carbons (Fsp3) is 0.438. The number of hydrazone groups is 1. The fourth-order valence-corrected chi connectivity index (χ4v) is 4.19. The fourth-order valence-electron chi connectivity index (χ4n) is 3.66. The van der Waals surface area contributed by atoms with Gasteiger partial charge in [0, 0.05) is 6.07 Å². The summed E-state index contributed by atoms with van der Waals surface area (Å²) in [5.41, 5.74) is 3.74. The van der Waals surface area contributed by atoms with E-state index < -0.39 is 20.6 Å². The number of hydrogen-bond donors (Lipinski definition) is 2. The van der Waals surface area contributed by atoms with Gasteiger partial charge >= 0.3 is 0 Å². The van der Waals surface area contributed by atoms with Crippen LogP contribution in [0.3, 0.4) is 0 Å². The Labute approximate surface area is 146 Å². The van der Waals surface area contributed by atoms with Crippen molar-refractivity contribution in [2.75, 3.05) is 5.43 Å². The Morgan fingerprint density at radius 1 is 1.44 bits per heavy atom. The van der Waals surface area contributed by atoms with Gasteiger partial charge in [-0.3, -0.25) is 15.5 Å². The molecule has 1 aromatic carbocycles. The summed E-state index contributed by atoms with van der Waals surface area (Å²) >= 11 is 0. The second kappa shape index (κ2) is 5.92. The average Bonchev–Trinajstić information content (AvgIpc) is 2.53. The van der Waals surface area contributed by atoms with Crippen LogP contribution in [0.25, 0.3) is 0 Å². The molecule has 0 amide bonds. The number of allylic oxidation sites excluding steroid dienone is 2. The molecular weight excluding hydrogens is 344 g/mol. The quantitative estimate of drug-likeness (QED) is 0.471. The number of nitro groups is 1. The number of fused-ring (bicyclic) bond motifs is 1. The van der Waals surface area contributed by atoms with Crippen LogP contribution in [0.1, 0.15) is 26.7 Å². The Morgan fingerprint density at radius 2 is 2.16 bits per heavy atom. The zero-order valence-corrected chi connectivity index (χ0v) is 14.8. The van der Waals surface area contributed by atoms with Gasteiger partial charge in [-0.15, -0.1) is 0 Å². The van der Waals surface area contributed by atoms with Gasteiger partial charge in [-0.2, -0.15) is 5.10 Å². The molecule has 1 aromatic rings. The summed E-state index contributed by atoms with van der Waals surface area (Å²) in [7, 11) is -4.01. The smallest absolute Gasteiger partial charge is 0.272 e. The highest BCUT2D eigenvalue weighted by Gasteiger charge is 2.50. The van der Waals surface area contributed by atoms with Crippen molar-refractivity contribution in [2.24, 2.45) is 27.5 Å². The van der Waals surface area contributed by atoms with Gasteiger partial charge in [-0.05, 0) is 47.8 Å². The van der Waals surface area contributed by atoms with Crippen LogP contribution in [0.15, 0.2) is 39.8 Å². The zero-order chi connectivity index (χ0) is 18.4. The van der Waals surface area contributed by atoms with Crippen LogP contribution in [0.4, 0.5) is 11.4 Å². The summed E-state index contributed by atoms with van der Waals surface area (Å²) in [5, 5.41) is 20.3.